The Morgan fingerprint density at radius 3 is 2.38 bits per heavy atom. The van der Waals surface area contributed by atoms with Crippen molar-refractivity contribution in [2.45, 2.75) is 26.3 Å². The summed E-state index contributed by atoms with van der Waals surface area (Å²) in [4.78, 5) is 28.9. The van der Waals surface area contributed by atoms with E-state index in [4.69, 9.17) is 5.73 Å². The molecule has 0 radical (unpaired) electrons. The molecule has 1 unspecified atom stereocenters. The molecule has 1 saturated heterocycles. The van der Waals surface area contributed by atoms with Gasteiger partial charge in [0.25, 0.3) is 0 Å². The zero-order valence-corrected chi connectivity index (χ0v) is 17.2. The van der Waals surface area contributed by atoms with Gasteiger partial charge in [0.05, 0.1) is 6.54 Å². The first-order valence-corrected chi connectivity index (χ1v) is 10.1. The van der Waals surface area contributed by atoms with Crippen molar-refractivity contribution in [3.63, 3.8) is 0 Å². The zero-order chi connectivity index (χ0) is 20.8. The van der Waals surface area contributed by atoms with E-state index >= 15 is 0 Å². The third kappa shape index (κ3) is 5.65. The highest BCUT2D eigenvalue weighted by Crippen LogP contribution is 2.18. The zero-order valence-electron chi connectivity index (χ0n) is 17.2. The van der Waals surface area contributed by atoms with Crippen molar-refractivity contribution >= 4 is 17.5 Å². The fourth-order valence-corrected chi connectivity index (χ4v) is 3.57. The summed E-state index contributed by atoms with van der Waals surface area (Å²) in [6.45, 7) is 6.99. The van der Waals surface area contributed by atoms with Crippen LogP contribution in [0.2, 0.25) is 0 Å². The molecule has 0 bridgehead atoms. The number of nitrogens with two attached hydrogens (primary N) is 1. The first-order chi connectivity index (χ1) is 13.9. The Bertz CT molecular complexity index is 845. The van der Waals surface area contributed by atoms with Crippen LogP contribution >= 0.6 is 0 Å². The van der Waals surface area contributed by atoms with Crippen molar-refractivity contribution in [1.82, 2.24) is 9.80 Å². The molecule has 0 aromatic heterocycles. The fraction of sp³-hybridized carbons (Fsp3) is 0.391. The minimum absolute atomic E-state index is 0.0235. The van der Waals surface area contributed by atoms with Crippen LogP contribution < -0.4 is 11.1 Å². The Morgan fingerprint density at radius 2 is 1.69 bits per heavy atom. The summed E-state index contributed by atoms with van der Waals surface area (Å²) in [6.07, 6.45) is 0.303. The molecule has 3 N–H and O–H groups in total. The Morgan fingerprint density at radius 1 is 1.00 bits per heavy atom. The number of nitrogens with zero attached hydrogens (tertiary/aromatic N) is 2. The van der Waals surface area contributed by atoms with Gasteiger partial charge in [0.15, 0.2) is 0 Å². The van der Waals surface area contributed by atoms with Crippen LogP contribution in [0.3, 0.4) is 0 Å². The number of hydrogen-bond donors (Lipinski definition) is 2. The van der Waals surface area contributed by atoms with E-state index in [1.165, 1.54) is 0 Å². The first kappa shape index (κ1) is 21.0. The SMILES string of the molecule is Cc1cccc(NC(=O)CN2CCN(C(=O)CC(N)c3ccccc3)CC2)c1C. The largest absolute Gasteiger partial charge is 0.340 e. The highest BCUT2D eigenvalue weighted by Gasteiger charge is 2.24. The monoisotopic (exact) mass is 394 g/mol. The molecule has 0 saturated carbocycles. The second-order valence-corrected chi connectivity index (χ2v) is 7.67. The second kappa shape index (κ2) is 9.67. The lowest BCUT2D eigenvalue weighted by atomic mass is 10.0. The van der Waals surface area contributed by atoms with Gasteiger partial charge in [-0.2, -0.15) is 0 Å². The quantitative estimate of drug-likeness (QED) is 0.789. The van der Waals surface area contributed by atoms with E-state index < -0.39 is 0 Å². The molecule has 1 heterocycles. The molecule has 6 heteroatoms. The van der Waals surface area contributed by atoms with Crippen molar-refractivity contribution in [2.24, 2.45) is 5.73 Å². The standard InChI is InChI=1S/C23H30N4O2/c1-17-7-6-10-21(18(17)2)25-22(28)16-26-11-13-27(14-12-26)23(29)15-20(24)19-8-4-3-5-9-19/h3-10,20H,11-16,24H2,1-2H3,(H,25,28). The number of amides is 2. The molecule has 2 amide bonds. The van der Waals surface area contributed by atoms with Gasteiger partial charge >= 0.3 is 0 Å². The summed E-state index contributed by atoms with van der Waals surface area (Å²) in [5, 5.41) is 3.00. The molecule has 29 heavy (non-hydrogen) atoms. The second-order valence-electron chi connectivity index (χ2n) is 7.67. The lowest BCUT2D eigenvalue weighted by Gasteiger charge is -2.34. The van der Waals surface area contributed by atoms with Crippen molar-refractivity contribution in [3.8, 4) is 0 Å². The van der Waals surface area contributed by atoms with Crippen molar-refractivity contribution in [1.29, 1.82) is 0 Å². The summed E-state index contributed by atoms with van der Waals surface area (Å²) in [5.74, 6) is 0.0467. The van der Waals surface area contributed by atoms with Gasteiger partial charge in [-0.25, -0.2) is 0 Å². The van der Waals surface area contributed by atoms with Gasteiger partial charge in [0.2, 0.25) is 11.8 Å². The van der Waals surface area contributed by atoms with Gasteiger partial charge in [0.1, 0.15) is 0 Å². The number of hydrogen-bond acceptors (Lipinski definition) is 4. The van der Waals surface area contributed by atoms with Crippen molar-refractivity contribution < 1.29 is 9.59 Å². The predicted molar refractivity (Wildman–Crippen MR) is 116 cm³/mol. The van der Waals surface area contributed by atoms with Crippen LogP contribution in [0.4, 0.5) is 5.69 Å². The van der Waals surface area contributed by atoms with Crippen LogP contribution in [-0.2, 0) is 9.59 Å². The average molecular weight is 395 g/mol. The number of carbonyl (C=O) groups excluding carboxylic acids is 2. The summed E-state index contributed by atoms with van der Waals surface area (Å²) in [6, 6.07) is 15.3. The maximum absolute atomic E-state index is 12.6. The molecule has 1 fully saturated rings. The molecule has 1 atom stereocenters. The molecular formula is C23H30N4O2. The number of aryl methyl sites for hydroxylation is 1. The van der Waals surface area contributed by atoms with Gasteiger partial charge in [-0.1, -0.05) is 42.5 Å². The van der Waals surface area contributed by atoms with Gasteiger partial charge in [-0.3, -0.25) is 14.5 Å². The summed E-state index contributed by atoms with van der Waals surface area (Å²) >= 11 is 0. The van der Waals surface area contributed by atoms with Crippen LogP contribution in [0, 0.1) is 13.8 Å². The van der Waals surface area contributed by atoms with E-state index in [2.05, 4.69) is 10.2 Å². The third-order valence-electron chi connectivity index (χ3n) is 5.59. The molecular weight excluding hydrogens is 364 g/mol. The Balaban J connectivity index is 1.44. The van der Waals surface area contributed by atoms with Crippen LogP contribution in [-0.4, -0.2) is 54.3 Å². The molecule has 3 rings (SSSR count). The van der Waals surface area contributed by atoms with Crippen LogP contribution in [0.5, 0.6) is 0 Å². The lowest BCUT2D eigenvalue weighted by Crippen LogP contribution is -2.50. The lowest BCUT2D eigenvalue weighted by molar-refractivity contribution is -0.133. The summed E-state index contributed by atoms with van der Waals surface area (Å²) in [5.41, 5.74) is 10.3. The number of rotatable bonds is 6. The maximum Gasteiger partial charge on any atom is 0.238 e. The number of piperazine rings is 1. The topological polar surface area (TPSA) is 78.7 Å². The fourth-order valence-electron chi connectivity index (χ4n) is 3.57. The van der Waals surface area contributed by atoms with E-state index in [1.807, 2.05) is 67.3 Å². The highest BCUT2D eigenvalue weighted by atomic mass is 16.2. The van der Waals surface area contributed by atoms with Gasteiger partial charge in [-0.15, -0.1) is 0 Å². The number of anilines is 1. The predicted octanol–water partition coefficient (Wildman–Crippen LogP) is 2.48. The molecule has 2 aromatic carbocycles. The highest BCUT2D eigenvalue weighted by molar-refractivity contribution is 5.93. The number of benzene rings is 2. The Labute approximate surface area is 172 Å². The maximum atomic E-state index is 12.6. The molecule has 0 aliphatic carbocycles. The average Bonchev–Trinajstić information content (AvgIpc) is 2.72. The molecule has 1 aliphatic heterocycles. The molecule has 2 aromatic rings. The molecule has 6 nitrogen and oxygen atoms in total. The van der Waals surface area contributed by atoms with Crippen LogP contribution in [0.15, 0.2) is 48.5 Å². The van der Waals surface area contributed by atoms with E-state index in [1.54, 1.807) is 0 Å². The van der Waals surface area contributed by atoms with E-state index in [0.29, 0.717) is 39.1 Å². The molecule has 1 aliphatic rings. The van der Waals surface area contributed by atoms with Crippen molar-refractivity contribution in [3.05, 3.63) is 65.2 Å². The minimum atomic E-state index is -0.287. The Hall–Kier alpha value is -2.70. The summed E-state index contributed by atoms with van der Waals surface area (Å²) in [7, 11) is 0. The van der Waals surface area contributed by atoms with Gasteiger partial charge < -0.3 is 16.0 Å². The molecule has 0 spiro atoms. The van der Waals surface area contributed by atoms with Crippen LogP contribution in [0.25, 0.3) is 0 Å². The minimum Gasteiger partial charge on any atom is -0.340 e. The third-order valence-corrected chi connectivity index (χ3v) is 5.59. The first-order valence-electron chi connectivity index (χ1n) is 10.1. The smallest absolute Gasteiger partial charge is 0.238 e. The number of carbonyl (C=O) groups is 2. The summed E-state index contributed by atoms with van der Waals surface area (Å²) < 4.78 is 0. The van der Waals surface area contributed by atoms with Gasteiger partial charge in [-0.05, 0) is 36.6 Å². The van der Waals surface area contributed by atoms with Gasteiger partial charge in [0, 0.05) is 44.3 Å². The van der Waals surface area contributed by atoms with Crippen molar-refractivity contribution in [2.75, 3.05) is 38.0 Å². The number of nitrogens with one attached hydrogen (secondary N) is 1. The van der Waals surface area contributed by atoms with E-state index in [-0.39, 0.29) is 17.9 Å². The normalized spacial score (nSPS) is 15.8. The molecule has 154 valence electrons. The van der Waals surface area contributed by atoms with E-state index in [9.17, 15) is 9.59 Å². The van der Waals surface area contributed by atoms with Crippen LogP contribution in [0.1, 0.15) is 29.2 Å². The van der Waals surface area contributed by atoms with E-state index in [0.717, 1.165) is 22.4 Å². The Kier molecular flexibility index (Phi) is 7.01.